The number of azide groups is 1. The van der Waals surface area contributed by atoms with E-state index in [4.69, 9.17) is 26.6 Å². The van der Waals surface area contributed by atoms with Gasteiger partial charge in [-0.2, -0.15) is 0 Å². The minimum Gasteiger partial charge on any atom is -0.493 e. The van der Waals surface area contributed by atoms with E-state index in [0.29, 0.717) is 22.4 Å². The number of fused-ring (bicyclic) bond motifs is 1. The van der Waals surface area contributed by atoms with Gasteiger partial charge in [0.2, 0.25) is 5.28 Å². The van der Waals surface area contributed by atoms with Crippen molar-refractivity contribution in [3.63, 3.8) is 0 Å². The van der Waals surface area contributed by atoms with Crippen molar-refractivity contribution < 1.29 is 9.47 Å². The van der Waals surface area contributed by atoms with Gasteiger partial charge in [-0.05, 0) is 28.3 Å². The molecule has 0 aliphatic carbocycles. The van der Waals surface area contributed by atoms with Crippen LogP contribution in [0.15, 0.2) is 17.2 Å². The van der Waals surface area contributed by atoms with E-state index in [1.807, 2.05) is 0 Å². The average molecular weight is 266 g/mol. The molecule has 7 nitrogen and oxygen atoms in total. The molecule has 0 N–H and O–H groups in total. The molecule has 92 valence electrons. The van der Waals surface area contributed by atoms with Gasteiger partial charge in [0.1, 0.15) is 5.82 Å². The molecule has 1 aromatic carbocycles. The zero-order valence-electron chi connectivity index (χ0n) is 9.59. The molecule has 0 aliphatic heterocycles. The third-order valence-electron chi connectivity index (χ3n) is 2.29. The Morgan fingerprint density at radius 1 is 1.22 bits per heavy atom. The number of ether oxygens (including phenoxy) is 2. The lowest BCUT2D eigenvalue weighted by atomic mass is 10.2. The normalized spacial score (nSPS) is 9.94. The molecule has 0 saturated carbocycles. The van der Waals surface area contributed by atoms with Crippen molar-refractivity contribution in [1.29, 1.82) is 0 Å². The van der Waals surface area contributed by atoms with Gasteiger partial charge in [0, 0.05) is 16.4 Å². The summed E-state index contributed by atoms with van der Waals surface area (Å²) in [5, 5.41) is 4.01. The van der Waals surface area contributed by atoms with Crippen LogP contribution in [-0.2, 0) is 0 Å². The number of rotatable bonds is 3. The van der Waals surface area contributed by atoms with Crippen LogP contribution in [0, 0.1) is 0 Å². The fourth-order valence-electron chi connectivity index (χ4n) is 1.53. The maximum absolute atomic E-state index is 8.50. The largest absolute Gasteiger partial charge is 0.493 e. The zero-order valence-corrected chi connectivity index (χ0v) is 10.3. The highest BCUT2D eigenvalue weighted by Crippen LogP contribution is 2.35. The van der Waals surface area contributed by atoms with Crippen LogP contribution in [0.4, 0.5) is 5.82 Å². The molecule has 2 rings (SSSR count). The number of halogens is 1. The fourth-order valence-corrected chi connectivity index (χ4v) is 1.70. The highest BCUT2D eigenvalue weighted by atomic mass is 35.5. The summed E-state index contributed by atoms with van der Waals surface area (Å²) < 4.78 is 10.3. The molecule has 0 fully saturated rings. The molecule has 8 heteroatoms. The topological polar surface area (TPSA) is 93.0 Å². The van der Waals surface area contributed by atoms with Gasteiger partial charge in [0.05, 0.1) is 19.7 Å². The third-order valence-corrected chi connectivity index (χ3v) is 2.46. The first-order valence-corrected chi connectivity index (χ1v) is 5.21. The zero-order chi connectivity index (χ0) is 13.1. The van der Waals surface area contributed by atoms with Crippen molar-refractivity contribution in [1.82, 2.24) is 9.97 Å². The van der Waals surface area contributed by atoms with Gasteiger partial charge in [0.15, 0.2) is 11.5 Å². The smallest absolute Gasteiger partial charge is 0.223 e. The van der Waals surface area contributed by atoms with E-state index in [0.717, 1.165) is 0 Å². The van der Waals surface area contributed by atoms with Gasteiger partial charge in [-0.1, -0.05) is 0 Å². The first kappa shape index (κ1) is 12.2. The van der Waals surface area contributed by atoms with Crippen molar-refractivity contribution in [3.05, 3.63) is 27.9 Å². The van der Waals surface area contributed by atoms with Crippen LogP contribution in [0.3, 0.4) is 0 Å². The SMILES string of the molecule is COc1cc2nc(Cl)nc(N=[N+]=[N-])c2cc1OC. The maximum atomic E-state index is 8.50. The molecule has 0 spiro atoms. The Bertz CT molecular complexity index is 654. The van der Waals surface area contributed by atoms with Crippen LogP contribution in [0.5, 0.6) is 11.5 Å². The summed E-state index contributed by atoms with van der Waals surface area (Å²) in [6, 6.07) is 3.27. The number of hydrogen-bond acceptors (Lipinski definition) is 5. The van der Waals surface area contributed by atoms with Gasteiger partial charge in [0.25, 0.3) is 0 Å². The molecule has 0 unspecified atom stereocenters. The number of hydrogen-bond donors (Lipinski definition) is 0. The lowest BCUT2D eigenvalue weighted by Crippen LogP contribution is -1.93. The molecular weight excluding hydrogens is 258 g/mol. The summed E-state index contributed by atoms with van der Waals surface area (Å²) in [6.07, 6.45) is 0. The number of benzene rings is 1. The minimum atomic E-state index is -0.00267. The first-order valence-electron chi connectivity index (χ1n) is 4.84. The van der Waals surface area contributed by atoms with E-state index >= 15 is 0 Å². The van der Waals surface area contributed by atoms with Crippen LogP contribution in [-0.4, -0.2) is 24.2 Å². The van der Waals surface area contributed by atoms with Crippen molar-refractivity contribution >= 4 is 28.3 Å². The lowest BCUT2D eigenvalue weighted by molar-refractivity contribution is 0.356. The Kier molecular flexibility index (Phi) is 3.36. The second-order valence-electron chi connectivity index (χ2n) is 3.23. The molecule has 2 aromatic rings. The van der Waals surface area contributed by atoms with Crippen molar-refractivity contribution in [3.8, 4) is 11.5 Å². The highest BCUT2D eigenvalue weighted by molar-refractivity contribution is 6.28. The number of methoxy groups -OCH3 is 2. The predicted molar refractivity (Wildman–Crippen MR) is 66.5 cm³/mol. The summed E-state index contributed by atoms with van der Waals surface area (Å²) >= 11 is 5.75. The highest BCUT2D eigenvalue weighted by Gasteiger charge is 2.11. The maximum Gasteiger partial charge on any atom is 0.223 e. The van der Waals surface area contributed by atoms with Crippen LogP contribution in [0.25, 0.3) is 21.3 Å². The van der Waals surface area contributed by atoms with Gasteiger partial charge >= 0.3 is 0 Å². The van der Waals surface area contributed by atoms with Gasteiger partial charge in [-0.3, -0.25) is 0 Å². The summed E-state index contributed by atoms with van der Waals surface area (Å²) in [5.41, 5.74) is 9.01. The standard InChI is InChI=1S/C10H8ClN5O2/c1-17-7-3-5-6(4-8(7)18-2)13-10(11)14-9(5)15-16-12/h3-4H,1-2H3. The van der Waals surface area contributed by atoms with Gasteiger partial charge in [-0.15, -0.1) is 0 Å². The van der Waals surface area contributed by atoms with Crippen molar-refractivity contribution in [2.45, 2.75) is 0 Å². The third kappa shape index (κ3) is 2.09. The molecule has 0 bridgehead atoms. The van der Waals surface area contributed by atoms with Crippen molar-refractivity contribution in [2.75, 3.05) is 14.2 Å². The lowest BCUT2D eigenvalue weighted by Gasteiger charge is -2.09. The Hall–Kier alpha value is -2.24. The Morgan fingerprint density at radius 3 is 2.50 bits per heavy atom. The van der Waals surface area contributed by atoms with E-state index in [1.54, 1.807) is 12.1 Å². The Labute approximate surface area is 107 Å². The van der Waals surface area contributed by atoms with Crippen LogP contribution in [0.1, 0.15) is 0 Å². The van der Waals surface area contributed by atoms with Gasteiger partial charge < -0.3 is 9.47 Å². The number of aromatic nitrogens is 2. The molecule has 0 radical (unpaired) electrons. The number of nitrogens with zero attached hydrogens (tertiary/aromatic N) is 5. The monoisotopic (exact) mass is 265 g/mol. The van der Waals surface area contributed by atoms with Crippen LogP contribution < -0.4 is 9.47 Å². The summed E-state index contributed by atoms with van der Waals surface area (Å²) in [7, 11) is 3.02. The molecule has 0 amide bonds. The molecule has 1 heterocycles. The van der Waals surface area contributed by atoms with E-state index in [1.165, 1.54) is 14.2 Å². The molecule has 1 aromatic heterocycles. The molecule has 18 heavy (non-hydrogen) atoms. The first-order chi connectivity index (χ1) is 8.69. The fraction of sp³-hybridized carbons (Fsp3) is 0.200. The summed E-state index contributed by atoms with van der Waals surface area (Å²) in [6.45, 7) is 0. The Morgan fingerprint density at radius 2 is 1.89 bits per heavy atom. The van der Waals surface area contributed by atoms with Gasteiger partial charge in [-0.25, -0.2) is 9.97 Å². The predicted octanol–water partition coefficient (Wildman–Crippen LogP) is 3.24. The molecule has 0 saturated heterocycles. The molecule has 0 atom stereocenters. The van der Waals surface area contributed by atoms with Crippen LogP contribution >= 0.6 is 11.6 Å². The summed E-state index contributed by atoms with van der Waals surface area (Å²) in [4.78, 5) is 10.6. The Balaban J connectivity index is 2.83. The second-order valence-corrected chi connectivity index (χ2v) is 3.57. The van der Waals surface area contributed by atoms with E-state index in [-0.39, 0.29) is 11.1 Å². The molecular formula is C10H8ClN5O2. The van der Waals surface area contributed by atoms with E-state index < -0.39 is 0 Å². The van der Waals surface area contributed by atoms with E-state index in [2.05, 4.69) is 20.0 Å². The van der Waals surface area contributed by atoms with Crippen molar-refractivity contribution in [2.24, 2.45) is 5.11 Å². The average Bonchev–Trinajstić information content (AvgIpc) is 2.37. The summed E-state index contributed by atoms with van der Waals surface area (Å²) in [5.74, 6) is 1.14. The van der Waals surface area contributed by atoms with Crippen LogP contribution in [0.2, 0.25) is 5.28 Å². The van der Waals surface area contributed by atoms with E-state index in [9.17, 15) is 0 Å². The minimum absolute atomic E-state index is 0.00267. The second kappa shape index (κ2) is 4.95. The molecule has 0 aliphatic rings. The quantitative estimate of drug-likeness (QED) is 0.368.